The van der Waals surface area contributed by atoms with Crippen LogP contribution in [0.5, 0.6) is 0 Å². The highest BCUT2D eigenvalue weighted by Crippen LogP contribution is 2.17. The molecular formula is C20H18N4O2. The molecule has 2 aromatic heterocycles. The molecule has 3 aromatic rings. The summed E-state index contributed by atoms with van der Waals surface area (Å²) in [5, 5.41) is 6.42. The van der Waals surface area contributed by atoms with Crippen LogP contribution in [0.1, 0.15) is 12.0 Å². The van der Waals surface area contributed by atoms with E-state index in [1.54, 1.807) is 36.8 Å². The predicted molar refractivity (Wildman–Crippen MR) is 101 cm³/mol. The molecular weight excluding hydrogens is 328 g/mol. The van der Waals surface area contributed by atoms with E-state index in [4.69, 9.17) is 0 Å². The molecule has 3 rings (SSSR count). The summed E-state index contributed by atoms with van der Waals surface area (Å²) in [6, 6.07) is 13.0. The van der Waals surface area contributed by atoms with Crippen molar-refractivity contribution >= 4 is 34.5 Å². The lowest BCUT2D eigenvalue weighted by Crippen LogP contribution is -2.26. The maximum atomic E-state index is 11.9. The molecule has 2 heterocycles. The van der Waals surface area contributed by atoms with Gasteiger partial charge in [0.25, 0.3) is 0 Å². The second-order valence-corrected chi connectivity index (χ2v) is 5.58. The Morgan fingerprint density at radius 1 is 1.00 bits per heavy atom. The van der Waals surface area contributed by atoms with Gasteiger partial charge in [-0.25, -0.2) is 0 Å². The molecule has 0 aliphatic heterocycles. The number of hydrogen-bond acceptors (Lipinski definition) is 4. The second-order valence-electron chi connectivity index (χ2n) is 5.58. The molecule has 0 aliphatic rings. The molecule has 2 amide bonds. The minimum Gasteiger partial charge on any atom is -0.352 e. The van der Waals surface area contributed by atoms with Crippen molar-refractivity contribution in [3.8, 4) is 0 Å². The third-order valence-corrected chi connectivity index (χ3v) is 3.71. The number of pyridine rings is 2. The Hall–Kier alpha value is -3.54. The van der Waals surface area contributed by atoms with Crippen molar-refractivity contribution in [2.75, 3.05) is 11.9 Å². The molecule has 0 saturated carbocycles. The number of nitrogens with zero attached hydrogens (tertiary/aromatic N) is 2. The Labute approximate surface area is 151 Å². The highest BCUT2D eigenvalue weighted by molar-refractivity contribution is 5.96. The quantitative estimate of drug-likeness (QED) is 0.672. The van der Waals surface area contributed by atoms with Gasteiger partial charge in [-0.2, -0.15) is 0 Å². The molecule has 0 atom stereocenters. The van der Waals surface area contributed by atoms with Crippen LogP contribution in [0.2, 0.25) is 0 Å². The van der Waals surface area contributed by atoms with Crippen molar-refractivity contribution in [2.45, 2.75) is 6.42 Å². The first-order valence-corrected chi connectivity index (χ1v) is 8.22. The van der Waals surface area contributed by atoms with E-state index in [2.05, 4.69) is 20.6 Å². The molecule has 6 nitrogen and oxygen atoms in total. The minimum absolute atomic E-state index is 0.166. The van der Waals surface area contributed by atoms with E-state index in [1.165, 1.54) is 6.08 Å². The van der Waals surface area contributed by atoms with Crippen LogP contribution in [0.3, 0.4) is 0 Å². The number of benzene rings is 1. The third kappa shape index (κ3) is 4.73. The Balaban J connectivity index is 1.49. The van der Waals surface area contributed by atoms with Crippen molar-refractivity contribution in [2.24, 2.45) is 0 Å². The van der Waals surface area contributed by atoms with Crippen molar-refractivity contribution < 1.29 is 9.59 Å². The van der Waals surface area contributed by atoms with Crippen molar-refractivity contribution in [1.82, 2.24) is 15.3 Å². The number of rotatable bonds is 6. The van der Waals surface area contributed by atoms with Crippen LogP contribution in [0.15, 0.2) is 67.1 Å². The van der Waals surface area contributed by atoms with E-state index < -0.39 is 0 Å². The largest absolute Gasteiger partial charge is 0.352 e. The van der Waals surface area contributed by atoms with Gasteiger partial charge in [0.15, 0.2) is 0 Å². The average molecular weight is 346 g/mol. The topological polar surface area (TPSA) is 84.0 Å². The summed E-state index contributed by atoms with van der Waals surface area (Å²) < 4.78 is 0. The molecule has 2 N–H and O–H groups in total. The van der Waals surface area contributed by atoms with Gasteiger partial charge in [0.1, 0.15) is 0 Å². The van der Waals surface area contributed by atoms with Gasteiger partial charge >= 0.3 is 0 Å². The van der Waals surface area contributed by atoms with Gasteiger partial charge in [0, 0.05) is 48.7 Å². The summed E-state index contributed by atoms with van der Waals surface area (Å²) in [5.74, 6) is -0.414. The highest BCUT2D eigenvalue weighted by Gasteiger charge is 2.03. The summed E-state index contributed by atoms with van der Waals surface area (Å²) in [6.45, 7) is 0.261. The standard InChI is InChI=1S/C20H18N4O2/c25-19(23-14-10-20(26)24-16-8-11-21-12-9-16)6-5-15-7-13-22-18-4-2-1-3-17(15)18/h1-9,11-13H,10,14H2,(H,23,25)(H,21,24,26)/b6-5-. The lowest BCUT2D eigenvalue weighted by atomic mass is 10.1. The summed E-state index contributed by atoms with van der Waals surface area (Å²) in [5.41, 5.74) is 2.48. The fourth-order valence-electron chi connectivity index (χ4n) is 2.45. The summed E-state index contributed by atoms with van der Waals surface area (Å²) in [7, 11) is 0. The minimum atomic E-state index is -0.248. The van der Waals surface area contributed by atoms with Crippen molar-refractivity contribution in [3.63, 3.8) is 0 Å². The van der Waals surface area contributed by atoms with Gasteiger partial charge < -0.3 is 10.6 Å². The summed E-state index contributed by atoms with van der Waals surface area (Å²) >= 11 is 0. The van der Waals surface area contributed by atoms with Gasteiger partial charge in [0.05, 0.1) is 5.52 Å². The molecule has 0 bridgehead atoms. The molecule has 0 unspecified atom stereocenters. The van der Waals surface area contributed by atoms with Crippen molar-refractivity contribution in [1.29, 1.82) is 0 Å². The maximum Gasteiger partial charge on any atom is 0.244 e. The maximum absolute atomic E-state index is 11.9. The predicted octanol–water partition coefficient (Wildman–Crippen LogP) is 2.79. The molecule has 0 spiro atoms. The Bertz CT molecular complexity index is 933. The van der Waals surface area contributed by atoms with E-state index in [-0.39, 0.29) is 24.8 Å². The number of carbonyl (C=O) groups is 2. The van der Waals surface area contributed by atoms with Crippen LogP contribution >= 0.6 is 0 Å². The van der Waals surface area contributed by atoms with Crippen LogP contribution in [0.4, 0.5) is 5.69 Å². The number of amides is 2. The first-order valence-electron chi connectivity index (χ1n) is 8.22. The molecule has 0 fully saturated rings. The van der Waals surface area contributed by atoms with Gasteiger partial charge in [-0.05, 0) is 35.9 Å². The zero-order valence-electron chi connectivity index (χ0n) is 14.1. The smallest absolute Gasteiger partial charge is 0.244 e. The number of carbonyl (C=O) groups excluding carboxylic acids is 2. The number of anilines is 1. The molecule has 0 aliphatic carbocycles. The fraction of sp³-hybridized carbons (Fsp3) is 0.100. The molecule has 6 heteroatoms. The van der Waals surface area contributed by atoms with Crippen LogP contribution < -0.4 is 10.6 Å². The normalized spacial score (nSPS) is 10.8. The van der Waals surface area contributed by atoms with E-state index in [1.807, 2.05) is 30.3 Å². The lowest BCUT2D eigenvalue weighted by molar-refractivity contribution is -0.117. The number of para-hydroxylation sites is 1. The molecule has 0 saturated heterocycles. The third-order valence-electron chi connectivity index (χ3n) is 3.71. The number of aromatic nitrogens is 2. The van der Waals surface area contributed by atoms with Crippen LogP contribution in [-0.4, -0.2) is 28.3 Å². The van der Waals surface area contributed by atoms with Crippen LogP contribution in [0, 0.1) is 0 Å². The number of fused-ring (bicyclic) bond motifs is 1. The van der Waals surface area contributed by atoms with E-state index in [0.717, 1.165) is 16.5 Å². The van der Waals surface area contributed by atoms with Crippen LogP contribution in [0.25, 0.3) is 17.0 Å². The van der Waals surface area contributed by atoms with Gasteiger partial charge in [0.2, 0.25) is 11.8 Å². The van der Waals surface area contributed by atoms with Gasteiger partial charge in [-0.1, -0.05) is 18.2 Å². The average Bonchev–Trinajstić information content (AvgIpc) is 2.67. The van der Waals surface area contributed by atoms with Crippen LogP contribution in [-0.2, 0) is 9.59 Å². The monoisotopic (exact) mass is 346 g/mol. The first-order chi connectivity index (χ1) is 12.7. The Morgan fingerprint density at radius 2 is 1.81 bits per heavy atom. The zero-order chi connectivity index (χ0) is 18.2. The SMILES string of the molecule is O=C(/C=C\c1ccnc2ccccc12)NCCC(=O)Nc1ccncc1. The van der Waals surface area contributed by atoms with Gasteiger partial charge in [-0.3, -0.25) is 19.6 Å². The highest BCUT2D eigenvalue weighted by atomic mass is 16.2. The van der Waals surface area contributed by atoms with E-state index in [9.17, 15) is 9.59 Å². The number of hydrogen-bond donors (Lipinski definition) is 2. The summed E-state index contributed by atoms with van der Waals surface area (Å²) in [4.78, 5) is 31.9. The van der Waals surface area contributed by atoms with E-state index in [0.29, 0.717) is 5.69 Å². The van der Waals surface area contributed by atoms with E-state index >= 15 is 0 Å². The Morgan fingerprint density at radius 3 is 2.65 bits per heavy atom. The number of nitrogens with one attached hydrogen (secondary N) is 2. The first kappa shape index (κ1) is 17.3. The Kier molecular flexibility index (Phi) is 5.67. The fourth-order valence-corrected chi connectivity index (χ4v) is 2.45. The lowest BCUT2D eigenvalue weighted by Gasteiger charge is -2.05. The molecule has 0 radical (unpaired) electrons. The van der Waals surface area contributed by atoms with Gasteiger partial charge in [-0.15, -0.1) is 0 Å². The second kappa shape index (κ2) is 8.53. The zero-order valence-corrected chi connectivity index (χ0v) is 14.1. The summed E-state index contributed by atoms with van der Waals surface area (Å²) in [6.07, 6.45) is 8.32. The molecule has 1 aromatic carbocycles. The molecule has 26 heavy (non-hydrogen) atoms. The molecule has 130 valence electrons. The van der Waals surface area contributed by atoms with Crippen molar-refractivity contribution in [3.05, 3.63) is 72.7 Å².